The molecule has 0 N–H and O–H groups in total. The lowest BCUT2D eigenvalue weighted by Gasteiger charge is -2.34. The highest BCUT2D eigenvalue weighted by molar-refractivity contribution is 5.92. The first-order valence-corrected chi connectivity index (χ1v) is 7.59. The number of carbonyl (C=O) groups is 2. The number of benzene rings is 1. The molecule has 1 amide bonds. The van der Waals surface area contributed by atoms with Crippen molar-refractivity contribution >= 4 is 17.8 Å². The highest BCUT2D eigenvalue weighted by atomic mass is 16.7. The fraction of sp³-hybridized carbons (Fsp3) is 0.412. The van der Waals surface area contributed by atoms with Crippen LogP contribution in [-0.4, -0.2) is 49.2 Å². The highest BCUT2D eigenvalue weighted by Crippen LogP contribution is 2.32. The van der Waals surface area contributed by atoms with E-state index in [9.17, 15) is 9.59 Å². The predicted octanol–water partition coefficient (Wildman–Crippen LogP) is 1.63. The van der Waals surface area contributed by atoms with Crippen LogP contribution in [-0.2, 0) is 14.3 Å². The predicted molar refractivity (Wildman–Crippen MR) is 83.2 cm³/mol. The number of Topliss-reactive ketones (excluding diaryl/α,β-unsaturated/α-hetero) is 1. The molecule has 122 valence electrons. The van der Waals surface area contributed by atoms with Gasteiger partial charge in [0.05, 0.1) is 19.3 Å². The Morgan fingerprint density at radius 3 is 2.96 bits per heavy atom. The molecule has 2 aliphatic heterocycles. The summed E-state index contributed by atoms with van der Waals surface area (Å²) < 4.78 is 16.0. The topological polar surface area (TPSA) is 65.1 Å². The van der Waals surface area contributed by atoms with Gasteiger partial charge in [-0.3, -0.25) is 9.59 Å². The van der Waals surface area contributed by atoms with Gasteiger partial charge in [-0.05, 0) is 30.7 Å². The number of ether oxygens (including phenoxy) is 3. The Hall–Kier alpha value is -2.34. The number of hydrogen-bond donors (Lipinski definition) is 0. The van der Waals surface area contributed by atoms with E-state index in [4.69, 9.17) is 14.2 Å². The van der Waals surface area contributed by atoms with Crippen molar-refractivity contribution in [1.82, 2.24) is 4.90 Å². The molecule has 0 saturated carbocycles. The van der Waals surface area contributed by atoms with Gasteiger partial charge >= 0.3 is 0 Å². The van der Waals surface area contributed by atoms with Gasteiger partial charge in [0, 0.05) is 19.0 Å². The largest absolute Gasteiger partial charge is 0.454 e. The van der Waals surface area contributed by atoms with Crippen molar-refractivity contribution in [2.45, 2.75) is 19.4 Å². The zero-order valence-electron chi connectivity index (χ0n) is 13.0. The first kappa shape index (κ1) is 15.6. The van der Waals surface area contributed by atoms with Crippen LogP contribution in [0.2, 0.25) is 0 Å². The van der Waals surface area contributed by atoms with Crippen LogP contribution in [0.3, 0.4) is 0 Å². The molecule has 3 rings (SSSR count). The van der Waals surface area contributed by atoms with Crippen molar-refractivity contribution in [2.75, 3.05) is 26.6 Å². The lowest BCUT2D eigenvalue weighted by atomic mass is 10.1. The standard InChI is InChI=1S/C17H19NO5/c1-12(19)8-14-10-21-7-6-18(14)17(20)5-3-13-2-4-15-16(9-13)23-11-22-15/h2-5,9,14H,6-8,10-11H2,1H3. The van der Waals surface area contributed by atoms with Gasteiger partial charge in [0.25, 0.3) is 0 Å². The second-order valence-corrected chi connectivity index (χ2v) is 5.61. The normalized spacial score (nSPS) is 20.0. The number of nitrogens with zero attached hydrogens (tertiary/aromatic N) is 1. The Morgan fingerprint density at radius 1 is 1.30 bits per heavy atom. The smallest absolute Gasteiger partial charge is 0.246 e. The lowest BCUT2D eigenvalue weighted by molar-refractivity contribution is -0.136. The number of morpholine rings is 1. The molecule has 23 heavy (non-hydrogen) atoms. The minimum absolute atomic E-state index is 0.0538. The van der Waals surface area contributed by atoms with Gasteiger partial charge in [0.2, 0.25) is 12.7 Å². The maximum atomic E-state index is 12.4. The quantitative estimate of drug-likeness (QED) is 0.790. The minimum atomic E-state index is -0.185. The zero-order chi connectivity index (χ0) is 16.2. The van der Waals surface area contributed by atoms with Crippen LogP contribution in [0, 0.1) is 0 Å². The van der Waals surface area contributed by atoms with Gasteiger partial charge in [0.15, 0.2) is 11.5 Å². The van der Waals surface area contributed by atoms with Crippen LogP contribution in [0.15, 0.2) is 24.3 Å². The summed E-state index contributed by atoms with van der Waals surface area (Å²) in [4.78, 5) is 25.4. The molecule has 1 aromatic carbocycles. The fourth-order valence-electron chi connectivity index (χ4n) is 2.73. The van der Waals surface area contributed by atoms with Gasteiger partial charge in [0.1, 0.15) is 5.78 Å². The molecule has 0 bridgehead atoms. The third-order valence-electron chi connectivity index (χ3n) is 3.85. The average Bonchev–Trinajstić information content (AvgIpc) is 3.00. The van der Waals surface area contributed by atoms with Gasteiger partial charge in [-0.25, -0.2) is 0 Å². The fourth-order valence-corrected chi connectivity index (χ4v) is 2.73. The Morgan fingerprint density at radius 2 is 2.13 bits per heavy atom. The summed E-state index contributed by atoms with van der Waals surface area (Å²) in [5, 5.41) is 0. The Labute approximate surface area is 134 Å². The molecule has 2 heterocycles. The number of rotatable bonds is 4. The van der Waals surface area contributed by atoms with Crippen LogP contribution in [0.4, 0.5) is 0 Å². The van der Waals surface area contributed by atoms with E-state index in [1.807, 2.05) is 18.2 Å². The molecule has 0 aliphatic carbocycles. The molecule has 0 radical (unpaired) electrons. The molecule has 6 nitrogen and oxygen atoms in total. The van der Waals surface area contributed by atoms with Crippen molar-refractivity contribution < 1.29 is 23.8 Å². The van der Waals surface area contributed by atoms with E-state index in [-0.39, 0.29) is 24.5 Å². The summed E-state index contributed by atoms with van der Waals surface area (Å²) in [6, 6.07) is 5.33. The van der Waals surface area contributed by atoms with E-state index < -0.39 is 0 Å². The van der Waals surface area contributed by atoms with Crippen molar-refractivity contribution in [2.24, 2.45) is 0 Å². The molecule has 1 unspecified atom stereocenters. The third kappa shape index (κ3) is 3.71. The van der Waals surface area contributed by atoms with Crippen molar-refractivity contribution in [3.63, 3.8) is 0 Å². The number of hydrogen-bond acceptors (Lipinski definition) is 5. The van der Waals surface area contributed by atoms with Crippen LogP contribution < -0.4 is 9.47 Å². The molecule has 1 fully saturated rings. The van der Waals surface area contributed by atoms with Crippen LogP contribution in [0.5, 0.6) is 11.5 Å². The van der Waals surface area contributed by atoms with Gasteiger partial charge < -0.3 is 19.1 Å². The molecule has 0 spiro atoms. The van der Waals surface area contributed by atoms with Crippen LogP contribution >= 0.6 is 0 Å². The first-order valence-electron chi connectivity index (χ1n) is 7.59. The Kier molecular flexibility index (Phi) is 4.62. The minimum Gasteiger partial charge on any atom is -0.454 e. The Bertz CT molecular complexity index is 640. The molecular weight excluding hydrogens is 298 g/mol. The molecule has 1 aromatic rings. The second-order valence-electron chi connectivity index (χ2n) is 5.61. The van der Waals surface area contributed by atoms with Gasteiger partial charge in [-0.15, -0.1) is 0 Å². The summed E-state index contributed by atoms with van der Waals surface area (Å²) in [5.74, 6) is 1.33. The number of ketones is 1. The van der Waals surface area contributed by atoms with E-state index in [1.54, 1.807) is 11.0 Å². The number of carbonyl (C=O) groups excluding carboxylic acids is 2. The SMILES string of the molecule is CC(=O)CC1COCCN1C(=O)C=Cc1ccc2c(c1)OCO2. The van der Waals surface area contributed by atoms with Crippen molar-refractivity contribution in [3.05, 3.63) is 29.8 Å². The number of fused-ring (bicyclic) bond motifs is 1. The molecule has 1 saturated heterocycles. The molecule has 1 atom stereocenters. The van der Waals surface area contributed by atoms with E-state index in [0.717, 1.165) is 5.56 Å². The summed E-state index contributed by atoms with van der Waals surface area (Å²) in [6.45, 7) is 3.16. The summed E-state index contributed by atoms with van der Waals surface area (Å²) in [7, 11) is 0. The summed E-state index contributed by atoms with van der Waals surface area (Å²) >= 11 is 0. The Balaban J connectivity index is 1.68. The van der Waals surface area contributed by atoms with Gasteiger partial charge in [-0.2, -0.15) is 0 Å². The number of amides is 1. The van der Waals surface area contributed by atoms with Gasteiger partial charge in [-0.1, -0.05) is 6.07 Å². The zero-order valence-corrected chi connectivity index (χ0v) is 13.0. The average molecular weight is 317 g/mol. The third-order valence-corrected chi connectivity index (χ3v) is 3.85. The van der Waals surface area contributed by atoms with Crippen molar-refractivity contribution in [3.8, 4) is 11.5 Å². The van der Waals surface area contributed by atoms with Crippen LogP contribution in [0.25, 0.3) is 6.08 Å². The van der Waals surface area contributed by atoms with E-state index in [0.29, 0.717) is 37.7 Å². The monoisotopic (exact) mass is 317 g/mol. The second kappa shape index (κ2) is 6.83. The molecule has 2 aliphatic rings. The molecular formula is C17H19NO5. The highest BCUT2D eigenvalue weighted by Gasteiger charge is 2.26. The van der Waals surface area contributed by atoms with E-state index in [1.165, 1.54) is 13.0 Å². The maximum absolute atomic E-state index is 12.4. The van der Waals surface area contributed by atoms with E-state index in [2.05, 4.69) is 0 Å². The van der Waals surface area contributed by atoms with Crippen LogP contribution in [0.1, 0.15) is 18.9 Å². The van der Waals surface area contributed by atoms with Crippen molar-refractivity contribution in [1.29, 1.82) is 0 Å². The van der Waals surface area contributed by atoms with E-state index >= 15 is 0 Å². The summed E-state index contributed by atoms with van der Waals surface area (Å²) in [6.07, 6.45) is 3.59. The molecule has 0 aromatic heterocycles. The summed E-state index contributed by atoms with van der Waals surface area (Å²) in [5.41, 5.74) is 0.860. The first-order chi connectivity index (χ1) is 11.1. The molecule has 6 heteroatoms. The lowest BCUT2D eigenvalue weighted by Crippen LogP contribution is -2.48. The maximum Gasteiger partial charge on any atom is 0.246 e.